The Balaban J connectivity index is 3.14. The number of ether oxygens (including phenoxy) is 1. The molecule has 0 saturated carbocycles. The van der Waals surface area contributed by atoms with Crippen LogP contribution in [0, 0.1) is 5.92 Å². The first-order valence-corrected chi connectivity index (χ1v) is 4.19. The number of carbonyl (C=O) groups is 1. The maximum absolute atomic E-state index is 10.3. The van der Waals surface area contributed by atoms with Gasteiger partial charge in [0.15, 0.2) is 0 Å². The van der Waals surface area contributed by atoms with Crippen molar-refractivity contribution in [3.8, 4) is 0 Å². The third-order valence-corrected chi connectivity index (χ3v) is 1.50. The molecule has 0 aliphatic rings. The van der Waals surface area contributed by atoms with Crippen LogP contribution in [0.25, 0.3) is 0 Å². The Bertz CT molecular complexity index is 127. The summed E-state index contributed by atoms with van der Waals surface area (Å²) in [6.07, 6.45) is 0. The van der Waals surface area contributed by atoms with E-state index in [0.29, 0.717) is 26.3 Å². The fourth-order valence-electron chi connectivity index (χ4n) is 0.695. The third-order valence-electron chi connectivity index (χ3n) is 1.50. The Hall–Kier alpha value is -0.610. The van der Waals surface area contributed by atoms with Gasteiger partial charge in [-0.1, -0.05) is 6.92 Å². The molecular weight excluding hydrogens is 158 g/mol. The van der Waals surface area contributed by atoms with Crippen LogP contribution in [0.2, 0.25) is 0 Å². The second-order valence-electron chi connectivity index (χ2n) is 2.64. The Kier molecular flexibility index (Phi) is 6.70. The minimum Gasteiger partial charge on any atom is -0.481 e. The van der Waals surface area contributed by atoms with Crippen LogP contribution in [-0.2, 0) is 9.53 Å². The molecule has 0 unspecified atom stereocenters. The lowest BCUT2D eigenvalue weighted by Crippen LogP contribution is -2.28. The predicted molar refractivity (Wildman–Crippen MR) is 46.2 cm³/mol. The second kappa shape index (κ2) is 7.06. The lowest BCUT2D eigenvalue weighted by molar-refractivity contribution is -0.140. The molecule has 4 heteroatoms. The van der Waals surface area contributed by atoms with E-state index >= 15 is 0 Å². The maximum atomic E-state index is 10.3. The highest BCUT2D eigenvalue weighted by atomic mass is 16.5. The van der Waals surface area contributed by atoms with Gasteiger partial charge in [-0.3, -0.25) is 4.79 Å². The SMILES string of the molecule is CCOCCNC[C@@H](C)C(=O)O. The fourth-order valence-corrected chi connectivity index (χ4v) is 0.695. The van der Waals surface area contributed by atoms with Gasteiger partial charge in [0.1, 0.15) is 0 Å². The molecular formula is C8H17NO3. The fraction of sp³-hybridized carbons (Fsp3) is 0.875. The normalized spacial score (nSPS) is 12.8. The van der Waals surface area contributed by atoms with Crippen molar-refractivity contribution in [2.75, 3.05) is 26.3 Å². The molecule has 1 atom stereocenters. The first-order chi connectivity index (χ1) is 5.68. The van der Waals surface area contributed by atoms with E-state index in [0.717, 1.165) is 0 Å². The monoisotopic (exact) mass is 175 g/mol. The van der Waals surface area contributed by atoms with Crippen molar-refractivity contribution in [3.63, 3.8) is 0 Å². The second-order valence-corrected chi connectivity index (χ2v) is 2.64. The first kappa shape index (κ1) is 11.4. The van der Waals surface area contributed by atoms with Crippen molar-refractivity contribution >= 4 is 5.97 Å². The highest BCUT2D eigenvalue weighted by Gasteiger charge is 2.08. The summed E-state index contributed by atoms with van der Waals surface area (Å²) in [6.45, 7) is 6.17. The van der Waals surface area contributed by atoms with Gasteiger partial charge in [-0.2, -0.15) is 0 Å². The van der Waals surface area contributed by atoms with Crippen LogP contribution in [0.1, 0.15) is 13.8 Å². The van der Waals surface area contributed by atoms with Gasteiger partial charge >= 0.3 is 5.97 Å². The van der Waals surface area contributed by atoms with Crippen molar-refractivity contribution in [1.29, 1.82) is 0 Å². The molecule has 0 heterocycles. The zero-order valence-corrected chi connectivity index (χ0v) is 7.67. The van der Waals surface area contributed by atoms with Gasteiger partial charge in [0, 0.05) is 19.7 Å². The zero-order valence-electron chi connectivity index (χ0n) is 7.67. The van der Waals surface area contributed by atoms with Crippen molar-refractivity contribution in [3.05, 3.63) is 0 Å². The predicted octanol–water partition coefficient (Wildman–Crippen LogP) is 0.333. The van der Waals surface area contributed by atoms with E-state index in [-0.39, 0.29) is 5.92 Å². The molecule has 0 amide bonds. The summed E-state index contributed by atoms with van der Waals surface area (Å²) in [5.41, 5.74) is 0. The number of hydrogen-bond donors (Lipinski definition) is 2. The first-order valence-electron chi connectivity index (χ1n) is 4.19. The standard InChI is InChI=1S/C8H17NO3/c1-3-12-5-4-9-6-7(2)8(10)11/h7,9H,3-6H2,1-2H3,(H,10,11)/t7-/m1/s1. The van der Waals surface area contributed by atoms with E-state index in [4.69, 9.17) is 9.84 Å². The lowest BCUT2D eigenvalue weighted by Gasteiger charge is -2.07. The van der Waals surface area contributed by atoms with Crippen molar-refractivity contribution in [2.45, 2.75) is 13.8 Å². The highest BCUT2D eigenvalue weighted by Crippen LogP contribution is 1.90. The molecule has 0 bridgehead atoms. The summed E-state index contributed by atoms with van der Waals surface area (Å²) in [5.74, 6) is -1.09. The minimum absolute atomic E-state index is 0.327. The molecule has 0 saturated heterocycles. The molecule has 12 heavy (non-hydrogen) atoms. The van der Waals surface area contributed by atoms with E-state index < -0.39 is 5.97 Å². The summed E-state index contributed by atoms with van der Waals surface area (Å²) in [5, 5.41) is 11.5. The molecule has 0 spiro atoms. The van der Waals surface area contributed by atoms with E-state index in [1.54, 1.807) is 6.92 Å². The largest absolute Gasteiger partial charge is 0.481 e. The molecule has 0 fully saturated rings. The van der Waals surface area contributed by atoms with Crippen LogP contribution in [0.15, 0.2) is 0 Å². The number of hydrogen-bond acceptors (Lipinski definition) is 3. The van der Waals surface area contributed by atoms with Gasteiger partial charge in [0.05, 0.1) is 12.5 Å². The molecule has 0 rings (SSSR count). The van der Waals surface area contributed by atoms with Crippen molar-refractivity contribution in [1.82, 2.24) is 5.32 Å². The van der Waals surface area contributed by atoms with E-state index in [9.17, 15) is 4.79 Å². The summed E-state index contributed by atoms with van der Waals surface area (Å²) in [4.78, 5) is 10.3. The maximum Gasteiger partial charge on any atom is 0.307 e. The number of carboxylic acid groups (broad SMARTS) is 1. The number of carboxylic acids is 1. The average Bonchev–Trinajstić information content (AvgIpc) is 2.03. The molecule has 0 aromatic rings. The van der Waals surface area contributed by atoms with E-state index in [1.807, 2.05) is 6.92 Å². The van der Waals surface area contributed by atoms with Crippen molar-refractivity contribution < 1.29 is 14.6 Å². The molecule has 0 aromatic carbocycles. The molecule has 0 aromatic heterocycles. The number of rotatable bonds is 7. The minimum atomic E-state index is -0.765. The van der Waals surface area contributed by atoms with Gasteiger partial charge in [-0.15, -0.1) is 0 Å². The highest BCUT2D eigenvalue weighted by molar-refractivity contribution is 5.69. The third kappa shape index (κ3) is 6.12. The molecule has 72 valence electrons. The average molecular weight is 175 g/mol. The van der Waals surface area contributed by atoms with Crippen LogP contribution < -0.4 is 5.32 Å². The van der Waals surface area contributed by atoms with Crippen LogP contribution in [-0.4, -0.2) is 37.4 Å². The van der Waals surface area contributed by atoms with Crippen molar-refractivity contribution in [2.24, 2.45) is 5.92 Å². The van der Waals surface area contributed by atoms with Gasteiger partial charge in [-0.25, -0.2) is 0 Å². The Morgan fingerprint density at radius 1 is 1.67 bits per heavy atom. The Labute approximate surface area is 72.9 Å². The Morgan fingerprint density at radius 2 is 2.33 bits per heavy atom. The summed E-state index contributed by atoms with van der Waals surface area (Å²) < 4.78 is 5.07. The lowest BCUT2D eigenvalue weighted by atomic mass is 10.2. The number of nitrogens with one attached hydrogen (secondary N) is 1. The topological polar surface area (TPSA) is 58.6 Å². The van der Waals surface area contributed by atoms with Gasteiger partial charge in [0.25, 0.3) is 0 Å². The molecule has 0 aliphatic carbocycles. The van der Waals surface area contributed by atoms with E-state index in [2.05, 4.69) is 5.32 Å². The van der Waals surface area contributed by atoms with Gasteiger partial charge in [-0.05, 0) is 6.92 Å². The molecule has 2 N–H and O–H groups in total. The molecule has 4 nitrogen and oxygen atoms in total. The zero-order chi connectivity index (χ0) is 9.40. The van der Waals surface area contributed by atoms with Crippen LogP contribution in [0.5, 0.6) is 0 Å². The summed E-state index contributed by atoms with van der Waals surface area (Å²) >= 11 is 0. The molecule has 0 radical (unpaired) electrons. The van der Waals surface area contributed by atoms with E-state index in [1.165, 1.54) is 0 Å². The summed E-state index contributed by atoms with van der Waals surface area (Å²) in [6, 6.07) is 0. The van der Waals surface area contributed by atoms with Crippen LogP contribution in [0.3, 0.4) is 0 Å². The van der Waals surface area contributed by atoms with Crippen LogP contribution in [0.4, 0.5) is 0 Å². The van der Waals surface area contributed by atoms with Crippen LogP contribution >= 0.6 is 0 Å². The molecule has 0 aliphatic heterocycles. The smallest absolute Gasteiger partial charge is 0.307 e. The summed E-state index contributed by atoms with van der Waals surface area (Å²) in [7, 11) is 0. The quantitative estimate of drug-likeness (QED) is 0.547. The van der Waals surface area contributed by atoms with Gasteiger partial charge in [0.2, 0.25) is 0 Å². The number of aliphatic carboxylic acids is 1. The van der Waals surface area contributed by atoms with Gasteiger partial charge < -0.3 is 15.2 Å². The Morgan fingerprint density at radius 3 is 2.83 bits per heavy atom.